The van der Waals surface area contributed by atoms with Crippen molar-refractivity contribution in [3.63, 3.8) is 0 Å². The molecule has 1 aliphatic heterocycles. The van der Waals surface area contributed by atoms with Gasteiger partial charge in [-0.15, -0.1) is 0 Å². The van der Waals surface area contributed by atoms with Crippen LogP contribution in [0.2, 0.25) is 0 Å². The maximum atomic E-state index is 13.1. The number of rotatable bonds is 2. The molecular weight excluding hydrogens is 259 g/mol. The SMILES string of the molecule is Nc1cc(F)cc(C(=O)NC2C=CS(=O)(=O)C2)c1. The second-order valence-electron chi connectivity index (χ2n) is 4.01. The molecule has 1 heterocycles. The Kier molecular flexibility index (Phi) is 3.08. The number of carbonyl (C=O) groups excluding carboxylic acids is 1. The first-order valence-corrected chi connectivity index (χ1v) is 6.85. The van der Waals surface area contributed by atoms with Crippen LogP contribution in [0.15, 0.2) is 29.7 Å². The van der Waals surface area contributed by atoms with E-state index in [1.807, 2.05) is 0 Å². The molecule has 1 amide bonds. The third-order valence-electron chi connectivity index (χ3n) is 2.43. The predicted octanol–water partition coefficient (Wildman–Crippen LogP) is 0.448. The van der Waals surface area contributed by atoms with E-state index in [0.717, 1.165) is 17.5 Å². The molecule has 0 aliphatic carbocycles. The third-order valence-corrected chi connectivity index (χ3v) is 3.82. The van der Waals surface area contributed by atoms with Crippen LogP contribution in [-0.4, -0.2) is 26.1 Å². The van der Waals surface area contributed by atoms with Gasteiger partial charge >= 0.3 is 0 Å². The molecule has 1 atom stereocenters. The van der Waals surface area contributed by atoms with Gasteiger partial charge in [0.1, 0.15) is 5.82 Å². The minimum absolute atomic E-state index is 0.0604. The zero-order chi connectivity index (χ0) is 13.3. The van der Waals surface area contributed by atoms with Crippen LogP contribution < -0.4 is 11.1 Å². The van der Waals surface area contributed by atoms with E-state index >= 15 is 0 Å². The highest BCUT2D eigenvalue weighted by molar-refractivity contribution is 7.94. The lowest BCUT2D eigenvalue weighted by molar-refractivity contribution is 0.0947. The number of nitrogens with one attached hydrogen (secondary N) is 1. The first kappa shape index (κ1) is 12.6. The van der Waals surface area contributed by atoms with Crippen LogP contribution in [0.3, 0.4) is 0 Å². The summed E-state index contributed by atoms with van der Waals surface area (Å²) in [5.74, 6) is -1.36. The number of amides is 1. The number of anilines is 1. The number of sulfone groups is 1. The van der Waals surface area contributed by atoms with Crippen LogP contribution in [0.5, 0.6) is 0 Å². The van der Waals surface area contributed by atoms with Crippen LogP contribution in [0, 0.1) is 5.82 Å². The Bertz CT molecular complexity index is 605. The van der Waals surface area contributed by atoms with Gasteiger partial charge in [-0.3, -0.25) is 4.79 Å². The van der Waals surface area contributed by atoms with Gasteiger partial charge in [-0.05, 0) is 24.3 Å². The van der Waals surface area contributed by atoms with Gasteiger partial charge in [-0.1, -0.05) is 0 Å². The van der Waals surface area contributed by atoms with Gasteiger partial charge in [0.05, 0.1) is 11.8 Å². The van der Waals surface area contributed by atoms with Gasteiger partial charge in [0, 0.05) is 16.7 Å². The van der Waals surface area contributed by atoms with Gasteiger partial charge in [0.25, 0.3) is 5.91 Å². The molecule has 1 aliphatic rings. The highest BCUT2D eigenvalue weighted by Gasteiger charge is 2.23. The van der Waals surface area contributed by atoms with E-state index in [1.165, 1.54) is 12.1 Å². The number of halogens is 1. The van der Waals surface area contributed by atoms with Gasteiger partial charge in [-0.25, -0.2) is 12.8 Å². The Morgan fingerprint density at radius 2 is 2.11 bits per heavy atom. The lowest BCUT2D eigenvalue weighted by atomic mass is 10.1. The van der Waals surface area contributed by atoms with Crippen molar-refractivity contribution < 1.29 is 17.6 Å². The quantitative estimate of drug-likeness (QED) is 0.763. The molecule has 0 bridgehead atoms. The fourth-order valence-electron chi connectivity index (χ4n) is 1.66. The highest BCUT2D eigenvalue weighted by Crippen LogP contribution is 2.12. The molecule has 0 aromatic heterocycles. The van der Waals surface area contributed by atoms with Crippen LogP contribution in [0.1, 0.15) is 10.4 Å². The number of benzene rings is 1. The summed E-state index contributed by atoms with van der Waals surface area (Å²) >= 11 is 0. The Labute approximate surface area is 103 Å². The zero-order valence-corrected chi connectivity index (χ0v) is 10.1. The Hall–Kier alpha value is -1.89. The van der Waals surface area contributed by atoms with Gasteiger partial charge in [-0.2, -0.15) is 0 Å². The van der Waals surface area contributed by atoms with Crippen molar-refractivity contribution in [2.24, 2.45) is 0 Å². The zero-order valence-electron chi connectivity index (χ0n) is 9.26. The van der Waals surface area contributed by atoms with Crippen LogP contribution in [-0.2, 0) is 9.84 Å². The minimum atomic E-state index is -3.23. The Balaban J connectivity index is 2.11. The monoisotopic (exact) mass is 270 g/mol. The first-order valence-electron chi connectivity index (χ1n) is 5.14. The average molecular weight is 270 g/mol. The van der Waals surface area contributed by atoms with Crippen molar-refractivity contribution in [2.45, 2.75) is 6.04 Å². The van der Waals surface area contributed by atoms with E-state index in [2.05, 4.69) is 5.32 Å². The van der Waals surface area contributed by atoms with Crippen molar-refractivity contribution in [3.05, 3.63) is 41.1 Å². The van der Waals surface area contributed by atoms with E-state index < -0.39 is 27.6 Å². The molecule has 1 aromatic carbocycles. The largest absolute Gasteiger partial charge is 0.399 e. The van der Waals surface area contributed by atoms with Crippen LogP contribution in [0.4, 0.5) is 10.1 Å². The molecule has 2 rings (SSSR count). The molecule has 1 aromatic rings. The average Bonchev–Trinajstić information content (AvgIpc) is 2.56. The standard InChI is InChI=1S/C11H11FN2O3S/c12-8-3-7(4-9(13)5-8)11(15)14-10-1-2-18(16,17)6-10/h1-5,10H,6,13H2,(H,14,15). The Morgan fingerprint density at radius 3 is 2.67 bits per heavy atom. The molecule has 3 N–H and O–H groups in total. The van der Waals surface area contributed by atoms with Crippen LogP contribution >= 0.6 is 0 Å². The third kappa shape index (κ3) is 2.86. The number of hydrogen-bond donors (Lipinski definition) is 2. The molecule has 0 saturated carbocycles. The molecule has 0 saturated heterocycles. The maximum Gasteiger partial charge on any atom is 0.251 e. The summed E-state index contributed by atoms with van der Waals surface area (Å²) in [6.45, 7) is 0. The van der Waals surface area contributed by atoms with Crippen molar-refractivity contribution in [3.8, 4) is 0 Å². The summed E-state index contributed by atoms with van der Waals surface area (Å²) < 4.78 is 35.4. The molecule has 18 heavy (non-hydrogen) atoms. The number of nitrogens with two attached hydrogens (primary N) is 1. The first-order chi connectivity index (χ1) is 8.35. The van der Waals surface area contributed by atoms with Crippen molar-refractivity contribution in [1.82, 2.24) is 5.32 Å². The summed E-state index contributed by atoms with van der Waals surface area (Å²) in [4.78, 5) is 11.8. The molecule has 5 nitrogen and oxygen atoms in total. The minimum Gasteiger partial charge on any atom is -0.399 e. The fraction of sp³-hybridized carbons (Fsp3) is 0.182. The fourth-order valence-corrected chi connectivity index (χ4v) is 2.90. The van der Waals surface area contributed by atoms with E-state index in [-0.39, 0.29) is 17.0 Å². The van der Waals surface area contributed by atoms with E-state index in [0.29, 0.717) is 0 Å². The van der Waals surface area contributed by atoms with Crippen LogP contribution in [0.25, 0.3) is 0 Å². The molecular formula is C11H11FN2O3S. The van der Waals surface area contributed by atoms with Gasteiger partial charge in [0.15, 0.2) is 9.84 Å². The smallest absolute Gasteiger partial charge is 0.251 e. The van der Waals surface area contributed by atoms with Crippen molar-refractivity contribution in [2.75, 3.05) is 11.5 Å². The number of carbonyl (C=O) groups is 1. The second kappa shape index (κ2) is 4.41. The summed E-state index contributed by atoms with van der Waals surface area (Å²) in [6.07, 6.45) is 1.38. The molecule has 1 unspecified atom stereocenters. The van der Waals surface area contributed by atoms with Gasteiger partial charge < -0.3 is 11.1 Å². The maximum absolute atomic E-state index is 13.1. The molecule has 0 fully saturated rings. The summed E-state index contributed by atoms with van der Waals surface area (Å²) in [5, 5.41) is 3.53. The van der Waals surface area contributed by atoms with Crippen molar-refractivity contribution in [1.29, 1.82) is 0 Å². The van der Waals surface area contributed by atoms with E-state index in [4.69, 9.17) is 5.73 Å². The highest BCUT2D eigenvalue weighted by atomic mass is 32.2. The second-order valence-corrected chi connectivity index (χ2v) is 5.94. The topological polar surface area (TPSA) is 89.3 Å². The molecule has 96 valence electrons. The van der Waals surface area contributed by atoms with E-state index in [1.54, 1.807) is 0 Å². The summed E-state index contributed by atoms with van der Waals surface area (Å²) in [6, 6.07) is 2.87. The molecule has 0 radical (unpaired) electrons. The number of nitrogen functional groups attached to an aromatic ring is 1. The normalized spacial score (nSPS) is 20.8. The van der Waals surface area contributed by atoms with Gasteiger partial charge in [0.2, 0.25) is 0 Å². The molecule has 0 spiro atoms. The van der Waals surface area contributed by atoms with E-state index in [9.17, 15) is 17.6 Å². The number of hydrogen-bond acceptors (Lipinski definition) is 4. The van der Waals surface area contributed by atoms with Crippen molar-refractivity contribution >= 4 is 21.4 Å². The lowest BCUT2D eigenvalue weighted by Gasteiger charge is -2.10. The summed E-state index contributed by atoms with van der Waals surface area (Å²) in [7, 11) is -3.23. The molecule has 7 heteroatoms. The lowest BCUT2D eigenvalue weighted by Crippen LogP contribution is -2.35. The summed E-state index contributed by atoms with van der Waals surface area (Å²) in [5.41, 5.74) is 5.61. The Morgan fingerprint density at radius 1 is 1.39 bits per heavy atom. The predicted molar refractivity (Wildman–Crippen MR) is 65.0 cm³/mol.